The second kappa shape index (κ2) is 15.0. The van der Waals surface area contributed by atoms with Crippen LogP contribution in [0.5, 0.6) is 5.75 Å². The Hall–Kier alpha value is -3.02. The minimum atomic E-state index is -2.00. The van der Waals surface area contributed by atoms with E-state index in [1.54, 1.807) is 0 Å². The molecule has 2 unspecified atom stereocenters. The average molecular weight is 635 g/mol. The highest BCUT2D eigenvalue weighted by Crippen LogP contribution is 2.40. The molecule has 0 aliphatic carbocycles. The Bertz CT molecular complexity index is 1490. The Kier molecular flexibility index (Phi) is 11.1. The van der Waals surface area contributed by atoms with E-state index in [4.69, 9.17) is 33.6 Å². The van der Waals surface area contributed by atoms with Crippen molar-refractivity contribution in [3.8, 4) is 17.0 Å². The molecule has 1 fully saturated rings. The molecule has 0 N–H and O–H groups in total. The number of hydrogen-bond donors (Lipinski definition) is 0. The first-order chi connectivity index (χ1) is 21.6. The molecule has 2 atom stereocenters. The lowest BCUT2D eigenvalue weighted by atomic mass is 10.1. The van der Waals surface area contributed by atoms with Crippen LogP contribution in [0.3, 0.4) is 0 Å². The fourth-order valence-electron chi connectivity index (χ4n) is 5.11. The molecule has 1 aliphatic heterocycles. The highest BCUT2D eigenvalue weighted by Gasteiger charge is 2.39. The van der Waals surface area contributed by atoms with Crippen LogP contribution in [-0.2, 0) is 25.6 Å². The van der Waals surface area contributed by atoms with Gasteiger partial charge in [0.1, 0.15) is 11.4 Å². The van der Waals surface area contributed by atoms with E-state index in [1.165, 1.54) is 0 Å². The number of hydrogen-bond acceptors (Lipinski definition) is 7. The second-order valence-electron chi connectivity index (χ2n) is 13.4. The number of aromatic nitrogens is 4. The largest absolute Gasteiger partial charge is 0.543 e. The molecule has 5 rings (SSSR count). The molecule has 244 valence electrons. The first-order valence-corrected chi connectivity index (χ1v) is 19.2. The monoisotopic (exact) mass is 634 g/mol. The first-order valence-electron chi connectivity index (χ1n) is 16.3. The van der Waals surface area contributed by atoms with Crippen LogP contribution in [0.1, 0.15) is 64.8 Å². The summed E-state index contributed by atoms with van der Waals surface area (Å²) in [5.74, 6) is 0.888. The second-order valence-corrected chi connectivity index (χ2v) is 18.2. The van der Waals surface area contributed by atoms with Crippen molar-refractivity contribution in [1.82, 2.24) is 19.6 Å². The van der Waals surface area contributed by atoms with E-state index >= 15 is 0 Å². The Balaban J connectivity index is 1.19. The molecule has 1 aliphatic rings. The van der Waals surface area contributed by atoms with Crippen LogP contribution < -0.4 is 4.43 Å². The van der Waals surface area contributed by atoms with Gasteiger partial charge in [-0.25, -0.2) is 4.68 Å². The van der Waals surface area contributed by atoms with Crippen molar-refractivity contribution in [2.75, 3.05) is 39.6 Å². The van der Waals surface area contributed by atoms with Crippen LogP contribution in [0.2, 0.25) is 18.1 Å². The average Bonchev–Trinajstić information content (AvgIpc) is 3.66. The summed E-state index contributed by atoms with van der Waals surface area (Å²) in [6.07, 6.45) is 7.07. The minimum absolute atomic E-state index is 0.0560. The predicted octanol–water partition coefficient (Wildman–Crippen LogP) is 7.79. The van der Waals surface area contributed by atoms with E-state index in [1.807, 2.05) is 29.1 Å². The minimum Gasteiger partial charge on any atom is -0.543 e. The van der Waals surface area contributed by atoms with E-state index in [0.717, 1.165) is 59.3 Å². The van der Waals surface area contributed by atoms with Crippen molar-refractivity contribution in [3.63, 3.8) is 0 Å². The standard InChI is InChI=1S/C35H50N4O5Si/c1-27(25-41-20-18-40-19-21-42-26-28-12-8-7-9-13-28)38-24-29(23-36-38)34-31-22-30(44-45(5,6)35(2,3)4)15-16-32(31)39(37-34)33-14-10-11-17-43-33/h7-9,12-13,15-16,22-24,27,33H,10-11,14,17-21,25-26H2,1-6H3. The maximum absolute atomic E-state index is 6.69. The molecule has 0 amide bonds. The van der Waals surface area contributed by atoms with Gasteiger partial charge in [0.05, 0.1) is 57.4 Å². The summed E-state index contributed by atoms with van der Waals surface area (Å²) < 4.78 is 34.1. The summed E-state index contributed by atoms with van der Waals surface area (Å²) in [4.78, 5) is 0. The summed E-state index contributed by atoms with van der Waals surface area (Å²) >= 11 is 0. The number of rotatable bonds is 15. The van der Waals surface area contributed by atoms with Gasteiger partial charge in [-0.05, 0) is 68.1 Å². The van der Waals surface area contributed by atoms with Crippen molar-refractivity contribution in [1.29, 1.82) is 0 Å². The van der Waals surface area contributed by atoms with Gasteiger partial charge in [0.15, 0.2) is 6.23 Å². The van der Waals surface area contributed by atoms with E-state index in [-0.39, 0.29) is 17.3 Å². The fourth-order valence-corrected chi connectivity index (χ4v) is 6.14. The number of benzene rings is 2. The van der Waals surface area contributed by atoms with Gasteiger partial charge in [-0.2, -0.15) is 10.2 Å². The van der Waals surface area contributed by atoms with Gasteiger partial charge in [-0.3, -0.25) is 4.68 Å². The zero-order valence-electron chi connectivity index (χ0n) is 27.8. The van der Waals surface area contributed by atoms with Crippen molar-refractivity contribution in [2.45, 2.75) is 84.0 Å². The third-order valence-electron chi connectivity index (χ3n) is 8.83. The van der Waals surface area contributed by atoms with Crippen molar-refractivity contribution >= 4 is 19.2 Å². The molecule has 0 radical (unpaired) electrons. The van der Waals surface area contributed by atoms with E-state index in [2.05, 4.69) is 82.0 Å². The van der Waals surface area contributed by atoms with E-state index in [0.29, 0.717) is 39.6 Å². The zero-order chi connectivity index (χ0) is 31.9. The SMILES string of the molecule is CC(COCCOCCOCc1ccccc1)n1cc(-c2nn(C3CCCCO3)c3ccc(O[Si](C)(C)C(C)(C)C)cc23)cn1. The molecule has 4 aromatic rings. The van der Waals surface area contributed by atoms with Gasteiger partial charge >= 0.3 is 0 Å². The van der Waals surface area contributed by atoms with Gasteiger partial charge in [0, 0.05) is 23.8 Å². The van der Waals surface area contributed by atoms with Crippen LogP contribution >= 0.6 is 0 Å². The van der Waals surface area contributed by atoms with Gasteiger partial charge < -0.3 is 23.4 Å². The Morgan fingerprint density at radius 1 is 0.978 bits per heavy atom. The third-order valence-corrected chi connectivity index (χ3v) is 13.2. The maximum atomic E-state index is 6.69. The van der Waals surface area contributed by atoms with Crippen LogP contribution in [0.25, 0.3) is 22.2 Å². The normalized spacial score (nSPS) is 16.7. The lowest BCUT2D eigenvalue weighted by Crippen LogP contribution is -2.43. The van der Waals surface area contributed by atoms with E-state index < -0.39 is 8.32 Å². The highest BCUT2D eigenvalue weighted by atomic mass is 28.4. The first kappa shape index (κ1) is 33.3. The lowest BCUT2D eigenvalue weighted by Gasteiger charge is -2.36. The summed E-state index contributed by atoms with van der Waals surface area (Å²) in [6, 6.07) is 16.6. The predicted molar refractivity (Wildman–Crippen MR) is 180 cm³/mol. The molecule has 2 aromatic carbocycles. The third kappa shape index (κ3) is 8.62. The molecule has 45 heavy (non-hydrogen) atoms. The van der Waals surface area contributed by atoms with Crippen LogP contribution in [0.15, 0.2) is 60.9 Å². The Morgan fingerprint density at radius 3 is 2.47 bits per heavy atom. The van der Waals surface area contributed by atoms with Crippen LogP contribution in [0.4, 0.5) is 0 Å². The van der Waals surface area contributed by atoms with Crippen LogP contribution in [-0.4, -0.2) is 67.5 Å². The molecule has 1 saturated heterocycles. The quantitative estimate of drug-likeness (QED) is 0.0975. The Morgan fingerprint density at radius 2 is 1.73 bits per heavy atom. The molecule has 9 nitrogen and oxygen atoms in total. The van der Waals surface area contributed by atoms with E-state index in [9.17, 15) is 0 Å². The van der Waals surface area contributed by atoms with Gasteiger partial charge in [-0.15, -0.1) is 0 Å². The molecule has 0 spiro atoms. The maximum Gasteiger partial charge on any atom is 0.250 e. The molecule has 10 heteroatoms. The molecule has 2 aromatic heterocycles. The summed E-state index contributed by atoms with van der Waals surface area (Å²) in [5, 5.41) is 11.0. The fraction of sp³-hybridized carbons (Fsp3) is 0.543. The highest BCUT2D eigenvalue weighted by molar-refractivity contribution is 6.74. The Labute approximate surface area is 268 Å². The molecule has 3 heterocycles. The number of fused-ring (bicyclic) bond motifs is 1. The molecule has 0 bridgehead atoms. The van der Waals surface area contributed by atoms with Gasteiger partial charge in [0.2, 0.25) is 8.32 Å². The van der Waals surface area contributed by atoms with Crippen molar-refractivity contribution in [3.05, 3.63) is 66.5 Å². The number of ether oxygens (including phenoxy) is 4. The van der Waals surface area contributed by atoms with Crippen molar-refractivity contribution < 1.29 is 23.4 Å². The van der Waals surface area contributed by atoms with Crippen LogP contribution in [0, 0.1) is 0 Å². The summed E-state index contributed by atoms with van der Waals surface area (Å²) in [6.45, 7) is 17.5. The van der Waals surface area contributed by atoms with Gasteiger partial charge in [-0.1, -0.05) is 51.1 Å². The van der Waals surface area contributed by atoms with Gasteiger partial charge in [0.25, 0.3) is 0 Å². The molecule has 0 saturated carbocycles. The van der Waals surface area contributed by atoms with Crippen molar-refractivity contribution in [2.24, 2.45) is 0 Å². The smallest absolute Gasteiger partial charge is 0.250 e. The zero-order valence-corrected chi connectivity index (χ0v) is 28.8. The number of nitrogens with zero attached hydrogens (tertiary/aromatic N) is 4. The molecular formula is C35H50N4O5Si. The summed E-state index contributed by atoms with van der Waals surface area (Å²) in [7, 11) is -2.00. The summed E-state index contributed by atoms with van der Waals surface area (Å²) in [5.41, 5.74) is 4.07. The topological polar surface area (TPSA) is 81.8 Å². The molecular weight excluding hydrogens is 584 g/mol. The lowest BCUT2D eigenvalue weighted by molar-refractivity contribution is -0.0365.